The fourth-order valence-electron chi connectivity index (χ4n) is 3.27. The van der Waals surface area contributed by atoms with Crippen molar-refractivity contribution in [2.24, 2.45) is 5.92 Å². The van der Waals surface area contributed by atoms with Crippen molar-refractivity contribution in [1.82, 2.24) is 10.1 Å². The number of likely N-dealkylation sites (tertiary alicyclic amines) is 1. The van der Waals surface area contributed by atoms with Crippen molar-refractivity contribution in [2.45, 2.75) is 32.6 Å². The van der Waals surface area contributed by atoms with E-state index >= 15 is 0 Å². The summed E-state index contributed by atoms with van der Waals surface area (Å²) in [5.41, 5.74) is -0.224. The van der Waals surface area contributed by atoms with Gasteiger partial charge in [-0.2, -0.15) is 0 Å². The molecule has 2 amide bonds. The molecule has 0 atom stereocenters. The van der Waals surface area contributed by atoms with Crippen LogP contribution in [0.4, 0.5) is 14.6 Å². The van der Waals surface area contributed by atoms with Gasteiger partial charge in [0.1, 0.15) is 17.4 Å². The molecule has 3 rings (SSSR count). The number of aromatic nitrogens is 1. The van der Waals surface area contributed by atoms with Gasteiger partial charge >= 0.3 is 0 Å². The average molecular weight is 405 g/mol. The Morgan fingerprint density at radius 3 is 2.52 bits per heavy atom. The first kappa shape index (κ1) is 20.6. The van der Waals surface area contributed by atoms with Gasteiger partial charge in [-0.15, -0.1) is 0 Å². The molecule has 0 unspecified atom stereocenters. The van der Waals surface area contributed by atoms with Crippen molar-refractivity contribution >= 4 is 23.4 Å². The Morgan fingerprint density at radius 2 is 1.90 bits per heavy atom. The van der Waals surface area contributed by atoms with Crippen molar-refractivity contribution in [1.29, 1.82) is 0 Å². The molecule has 0 radical (unpaired) electrons. The number of benzene rings is 1. The van der Waals surface area contributed by atoms with E-state index in [2.05, 4.69) is 10.5 Å². The van der Waals surface area contributed by atoms with E-state index in [-0.39, 0.29) is 36.1 Å². The molecule has 1 aliphatic heterocycles. The summed E-state index contributed by atoms with van der Waals surface area (Å²) in [6.45, 7) is 2.52. The lowest BCUT2D eigenvalue weighted by atomic mass is 9.95. The van der Waals surface area contributed by atoms with Gasteiger partial charge in [0, 0.05) is 44.0 Å². The second-order valence-corrected chi connectivity index (χ2v) is 7.01. The van der Waals surface area contributed by atoms with Crippen LogP contribution in [-0.4, -0.2) is 40.7 Å². The van der Waals surface area contributed by atoms with Gasteiger partial charge in [0.05, 0.1) is 5.56 Å². The van der Waals surface area contributed by atoms with Gasteiger partial charge in [-0.05, 0) is 31.9 Å². The van der Waals surface area contributed by atoms with Crippen LogP contribution in [-0.2, 0) is 9.59 Å². The molecule has 0 aliphatic carbocycles. The molecule has 1 fully saturated rings. The molecular formula is C20H21F2N3O4. The van der Waals surface area contributed by atoms with Gasteiger partial charge in [-0.25, -0.2) is 8.78 Å². The van der Waals surface area contributed by atoms with Crippen LogP contribution in [0.5, 0.6) is 0 Å². The lowest BCUT2D eigenvalue weighted by molar-refractivity contribution is -0.134. The molecule has 29 heavy (non-hydrogen) atoms. The Labute approximate surface area is 166 Å². The molecule has 154 valence electrons. The zero-order valence-corrected chi connectivity index (χ0v) is 15.9. The number of aryl methyl sites for hydroxylation is 1. The van der Waals surface area contributed by atoms with E-state index in [4.69, 9.17) is 4.52 Å². The standard InChI is InChI=1S/C20H21F2N3O4/c1-12-10-18(24-29-12)23-20(28)13-6-8-25(9-7-13)19(27)5-4-17(26)15-3-2-14(21)11-16(15)22/h2-3,10-11,13H,4-9H2,1H3,(H,23,24,28). The fourth-order valence-corrected chi connectivity index (χ4v) is 3.27. The predicted molar refractivity (Wildman–Crippen MR) is 99.1 cm³/mol. The molecule has 9 heteroatoms. The van der Waals surface area contributed by atoms with Crippen molar-refractivity contribution in [3.8, 4) is 0 Å². The van der Waals surface area contributed by atoms with Crippen LogP contribution in [0.25, 0.3) is 0 Å². The molecule has 0 saturated carbocycles. The Kier molecular flexibility index (Phi) is 6.36. The Balaban J connectivity index is 1.44. The SMILES string of the molecule is Cc1cc(NC(=O)C2CCN(C(=O)CCC(=O)c3ccc(F)cc3F)CC2)no1. The molecule has 1 saturated heterocycles. The van der Waals surface area contributed by atoms with Crippen LogP contribution in [0.3, 0.4) is 0 Å². The first-order valence-corrected chi connectivity index (χ1v) is 9.33. The summed E-state index contributed by atoms with van der Waals surface area (Å²) in [6, 6.07) is 4.36. The van der Waals surface area contributed by atoms with Crippen molar-refractivity contribution in [2.75, 3.05) is 18.4 Å². The van der Waals surface area contributed by atoms with Gasteiger partial charge in [0.25, 0.3) is 0 Å². The molecule has 0 bridgehead atoms. The van der Waals surface area contributed by atoms with Crippen LogP contribution in [0.15, 0.2) is 28.8 Å². The number of piperidine rings is 1. The summed E-state index contributed by atoms with van der Waals surface area (Å²) in [5.74, 6) is -1.94. The summed E-state index contributed by atoms with van der Waals surface area (Å²) in [7, 11) is 0. The summed E-state index contributed by atoms with van der Waals surface area (Å²) in [5, 5.41) is 6.41. The number of carbonyl (C=O) groups excluding carboxylic acids is 3. The molecule has 1 aromatic heterocycles. The Hall–Kier alpha value is -3.10. The van der Waals surface area contributed by atoms with E-state index in [0.717, 1.165) is 12.1 Å². The molecule has 1 aliphatic rings. The zero-order valence-electron chi connectivity index (χ0n) is 15.9. The highest BCUT2D eigenvalue weighted by Gasteiger charge is 2.28. The monoisotopic (exact) mass is 405 g/mol. The van der Waals surface area contributed by atoms with E-state index < -0.39 is 17.4 Å². The van der Waals surface area contributed by atoms with Crippen LogP contribution < -0.4 is 5.32 Å². The van der Waals surface area contributed by atoms with Crippen molar-refractivity contribution in [3.05, 3.63) is 47.2 Å². The van der Waals surface area contributed by atoms with Crippen molar-refractivity contribution in [3.63, 3.8) is 0 Å². The largest absolute Gasteiger partial charge is 0.360 e. The van der Waals surface area contributed by atoms with Crippen LogP contribution >= 0.6 is 0 Å². The Bertz CT molecular complexity index is 920. The van der Waals surface area contributed by atoms with E-state index in [0.29, 0.717) is 43.6 Å². The lowest BCUT2D eigenvalue weighted by Gasteiger charge is -2.31. The highest BCUT2D eigenvalue weighted by atomic mass is 19.1. The van der Waals surface area contributed by atoms with Gasteiger partial charge < -0.3 is 14.7 Å². The van der Waals surface area contributed by atoms with Crippen LogP contribution in [0, 0.1) is 24.5 Å². The molecule has 2 heterocycles. The topological polar surface area (TPSA) is 92.5 Å². The lowest BCUT2D eigenvalue weighted by Crippen LogP contribution is -2.41. The number of Topliss-reactive ketones (excluding diaryl/α,β-unsaturated/α-hetero) is 1. The van der Waals surface area contributed by atoms with Gasteiger partial charge in [-0.3, -0.25) is 14.4 Å². The van der Waals surface area contributed by atoms with E-state index in [9.17, 15) is 23.2 Å². The summed E-state index contributed by atoms with van der Waals surface area (Å²) in [6.07, 6.45) is 0.766. The number of anilines is 1. The molecule has 2 aromatic rings. The van der Waals surface area contributed by atoms with Crippen LogP contribution in [0.2, 0.25) is 0 Å². The zero-order chi connectivity index (χ0) is 21.0. The smallest absolute Gasteiger partial charge is 0.228 e. The number of hydrogen-bond acceptors (Lipinski definition) is 5. The number of amides is 2. The molecular weight excluding hydrogens is 384 g/mol. The number of hydrogen-bond donors (Lipinski definition) is 1. The molecule has 7 nitrogen and oxygen atoms in total. The minimum absolute atomic E-state index is 0.0648. The number of rotatable bonds is 6. The highest BCUT2D eigenvalue weighted by Crippen LogP contribution is 2.21. The predicted octanol–water partition coefficient (Wildman–Crippen LogP) is 3.10. The maximum absolute atomic E-state index is 13.7. The van der Waals surface area contributed by atoms with Crippen molar-refractivity contribution < 1.29 is 27.7 Å². The normalized spacial score (nSPS) is 14.7. The first-order chi connectivity index (χ1) is 13.8. The number of nitrogens with zero attached hydrogens (tertiary/aromatic N) is 2. The second-order valence-electron chi connectivity index (χ2n) is 7.01. The average Bonchev–Trinajstić information content (AvgIpc) is 3.10. The van der Waals surface area contributed by atoms with Gasteiger partial charge in [0.15, 0.2) is 11.6 Å². The van der Waals surface area contributed by atoms with Crippen LogP contribution in [0.1, 0.15) is 41.8 Å². The minimum Gasteiger partial charge on any atom is -0.360 e. The van der Waals surface area contributed by atoms with E-state index in [1.54, 1.807) is 17.9 Å². The third-order valence-corrected chi connectivity index (χ3v) is 4.90. The molecule has 1 N–H and O–H groups in total. The number of carbonyl (C=O) groups is 3. The van der Waals surface area contributed by atoms with Gasteiger partial charge in [-0.1, -0.05) is 5.16 Å². The second kappa shape index (κ2) is 8.93. The molecule has 1 aromatic carbocycles. The third kappa shape index (κ3) is 5.24. The summed E-state index contributed by atoms with van der Waals surface area (Å²) in [4.78, 5) is 38.3. The minimum atomic E-state index is -0.934. The summed E-state index contributed by atoms with van der Waals surface area (Å²) >= 11 is 0. The maximum atomic E-state index is 13.7. The number of nitrogens with one attached hydrogen (secondary N) is 1. The Morgan fingerprint density at radius 1 is 1.17 bits per heavy atom. The quantitative estimate of drug-likeness (QED) is 0.746. The van der Waals surface area contributed by atoms with E-state index in [1.807, 2.05) is 0 Å². The summed E-state index contributed by atoms with van der Waals surface area (Å²) < 4.78 is 31.5. The molecule has 0 spiro atoms. The fraction of sp³-hybridized carbons (Fsp3) is 0.400. The van der Waals surface area contributed by atoms with Gasteiger partial charge in [0.2, 0.25) is 11.8 Å². The number of ketones is 1. The first-order valence-electron chi connectivity index (χ1n) is 9.33. The van der Waals surface area contributed by atoms with E-state index in [1.165, 1.54) is 0 Å². The highest BCUT2D eigenvalue weighted by molar-refractivity contribution is 5.98. The third-order valence-electron chi connectivity index (χ3n) is 4.90. The number of halogens is 2. The maximum Gasteiger partial charge on any atom is 0.228 e.